The van der Waals surface area contributed by atoms with Crippen LogP contribution in [0.1, 0.15) is 26.7 Å². The van der Waals surface area contributed by atoms with Crippen LogP contribution in [0.2, 0.25) is 0 Å². The molecule has 1 heterocycles. The van der Waals surface area contributed by atoms with Gasteiger partial charge in [-0.15, -0.1) is 0 Å². The molecule has 166 valence electrons. The van der Waals surface area contributed by atoms with E-state index in [-0.39, 0.29) is 11.4 Å². The van der Waals surface area contributed by atoms with Crippen LogP contribution in [-0.4, -0.2) is 36.1 Å². The van der Waals surface area contributed by atoms with Gasteiger partial charge in [0.1, 0.15) is 5.82 Å². The van der Waals surface area contributed by atoms with Crippen LogP contribution in [-0.2, 0) is 4.74 Å². The second kappa shape index (κ2) is 16.8. The normalized spacial score (nSPS) is 11.5. The number of anilines is 1. The van der Waals surface area contributed by atoms with E-state index in [4.69, 9.17) is 10.5 Å². The van der Waals surface area contributed by atoms with Crippen molar-refractivity contribution in [2.45, 2.75) is 26.7 Å². The molecule has 9 nitrogen and oxygen atoms in total. The molecule has 1 fully saturated rings. The summed E-state index contributed by atoms with van der Waals surface area (Å²) in [5.41, 5.74) is 5.78. The maximum Gasteiger partial charge on any atom is 0.269 e. The van der Waals surface area contributed by atoms with E-state index in [9.17, 15) is 24.6 Å². The largest absolute Gasteiger partial charge is 0.385 e. The third-order valence-electron chi connectivity index (χ3n) is 3.32. The quantitative estimate of drug-likeness (QED) is 0.544. The third kappa shape index (κ3) is 13.1. The summed E-state index contributed by atoms with van der Waals surface area (Å²) in [5.74, 6) is -0.467. The van der Waals surface area contributed by atoms with E-state index < -0.39 is 15.7 Å². The summed E-state index contributed by atoms with van der Waals surface area (Å²) in [6.45, 7) is 7.44. The number of rotatable bonds is 4. The minimum atomic E-state index is -0.570. The van der Waals surface area contributed by atoms with Gasteiger partial charge in [0.05, 0.1) is 9.85 Å². The van der Waals surface area contributed by atoms with Crippen molar-refractivity contribution >= 4 is 17.1 Å². The van der Waals surface area contributed by atoms with Crippen LogP contribution in [0.25, 0.3) is 0 Å². The van der Waals surface area contributed by atoms with Crippen molar-refractivity contribution in [3.05, 3.63) is 74.6 Å². The van der Waals surface area contributed by atoms with E-state index in [1.807, 2.05) is 13.8 Å². The van der Waals surface area contributed by atoms with Gasteiger partial charge >= 0.3 is 0 Å². The summed E-state index contributed by atoms with van der Waals surface area (Å²) in [5, 5.41) is 23.3. The first-order valence-electron chi connectivity index (χ1n) is 9.51. The summed E-state index contributed by atoms with van der Waals surface area (Å²) in [6.07, 6.45) is 2.56. The molecule has 0 atom stereocenters. The van der Waals surface area contributed by atoms with Crippen molar-refractivity contribution in [3.8, 4) is 0 Å². The molecule has 2 aromatic carbocycles. The number of nitrogens with zero attached hydrogens (tertiary/aromatic N) is 2. The van der Waals surface area contributed by atoms with Crippen molar-refractivity contribution in [3.63, 3.8) is 0 Å². The van der Waals surface area contributed by atoms with Crippen LogP contribution < -0.4 is 11.1 Å². The van der Waals surface area contributed by atoms with Gasteiger partial charge < -0.3 is 15.8 Å². The van der Waals surface area contributed by atoms with Crippen LogP contribution in [0.3, 0.4) is 0 Å². The van der Waals surface area contributed by atoms with E-state index in [1.54, 1.807) is 12.1 Å². The number of non-ortho nitro benzene ring substituents is 2. The Morgan fingerprint density at radius 2 is 1.33 bits per heavy atom. The number of hydrogen-bond acceptors (Lipinski definition) is 7. The number of nitro groups is 2. The van der Waals surface area contributed by atoms with Crippen molar-refractivity contribution in [1.82, 2.24) is 0 Å². The highest BCUT2D eigenvalue weighted by atomic mass is 19.1. The number of ether oxygens (including phenoxy) is 1. The molecule has 3 N–H and O–H groups in total. The Morgan fingerprint density at radius 1 is 0.933 bits per heavy atom. The Morgan fingerprint density at radius 3 is 1.63 bits per heavy atom. The van der Waals surface area contributed by atoms with Crippen molar-refractivity contribution in [2.24, 2.45) is 5.73 Å². The summed E-state index contributed by atoms with van der Waals surface area (Å²) < 4.78 is 17.1. The molecule has 30 heavy (non-hydrogen) atoms. The fourth-order valence-corrected chi connectivity index (χ4v) is 1.98. The van der Waals surface area contributed by atoms with Crippen LogP contribution in [0.15, 0.2) is 48.5 Å². The van der Waals surface area contributed by atoms with E-state index >= 15 is 0 Å². The van der Waals surface area contributed by atoms with Gasteiger partial charge in [-0.1, -0.05) is 6.92 Å². The van der Waals surface area contributed by atoms with Crippen LogP contribution in [0.5, 0.6) is 0 Å². The van der Waals surface area contributed by atoms with Gasteiger partial charge in [-0.2, -0.15) is 0 Å². The Balaban J connectivity index is 0.000000418. The van der Waals surface area contributed by atoms with Crippen molar-refractivity contribution in [2.75, 3.05) is 31.6 Å². The third-order valence-corrected chi connectivity index (χ3v) is 3.32. The molecule has 0 amide bonds. The molecule has 0 spiro atoms. The predicted octanol–water partition coefficient (Wildman–Crippen LogP) is 4.52. The van der Waals surface area contributed by atoms with Crippen LogP contribution in [0.4, 0.5) is 21.5 Å². The second-order valence-electron chi connectivity index (χ2n) is 5.80. The van der Waals surface area contributed by atoms with Crippen LogP contribution in [0, 0.1) is 26.0 Å². The highest BCUT2D eigenvalue weighted by molar-refractivity contribution is 5.48. The minimum Gasteiger partial charge on any atom is -0.385 e. The summed E-state index contributed by atoms with van der Waals surface area (Å²) in [4.78, 5) is 19.3. The number of hydrogen-bond donors (Lipinski definition) is 2. The smallest absolute Gasteiger partial charge is 0.269 e. The Labute approximate surface area is 175 Å². The molecule has 1 aliphatic heterocycles. The van der Waals surface area contributed by atoms with Gasteiger partial charge in [-0.05, 0) is 50.6 Å². The van der Waals surface area contributed by atoms with Gasteiger partial charge in [0.25, 0.3) is 11.4 Å². The molecule has 1 saturated heterocycles. The first-order valence-corrected chi connectivity index (χ1v) is 9.51. The second-order valence-corrected chi connectivity index (χ2v) is 5.80. The lowest BCUT2D eigenvalue weighted by Gasteiger charge is -2.00. The fourth-order valence-electron chi connectivity index (χ4n) is 1.98. The van der Waals surface area contributed by atoms with E-state index in [2.05, 4.69) is 5.32 Å². The summed E-state index contributed by atoms with van der Waals surface area (Å²) >= 11 is 0. The van der Waals surface area contributed by atoms with Gasteiger partial charge in [0.2, 0.25) is 0 Å². The zero-order valence-electron chi connectivity index (χ0n) is 17.3. The van der Waals surface area contributed by atoms with Crippen molar-refractivity contribution < 1.29 is 19.0 Å². The number of nitrogens with one attached hydrogen (secondary N) is 1. The highest BCUT2D eigenvalue weighted by Crippen LogP contribution is 2.14. The molecular weight excluding hydrogens is 395 g/mol. The number of nitrogens with two attached hydrogens (primary N) is 1. The molecule has 1 aliphatic rings. The average Bonchev–Trinajstić information content (AvgIpc) is 3.30. The minimum absolute atomic E-state index is 0.0959. The molecule has 0 radical (unpaired) electrons. The standard InChI is InChI=1S/C8H10N2O2.C6H4FNO2.C4H8O.C2H7N/c1-2-9-7-3-5-8(6-4-7)10(11)12;7-5-1-3-6(4-2-5)8(9)10;1-2-4-5-3-1;1-2-3/h3-6,9H,2H2,1H3;1-4H;1-4H2;2-3H2,1H3. The molecule has 3 rings (SSSR count). The summed E-state index contributed by atoms with van der Waals surface area (Å²) in [6, 6.07) is 10.7. The molecule has 0 unspecified atom stereocenters. The average molecular weight is 424 g/mol. The molecule has 2 aromatic rings. The lowest BCUT2D eigenvalue weighted by Crippen LogP contribution is -1.96. The molecule has 0 aromatic heterocycles. The Hall–Kier alpha value is -3.11. The molecule has 0 saturated carbocycles. The Kier molecular flexibility index (Phi) is 15.1. The maximum atomic E-state index is 12.1. The lowest BCUT2D eigenvalue weighted by molar-refractivity contribution is -0.385. The first kappa shape index (κ1) is 26.9. The lowest BCUT2D eigenvalue weighted by atomic mass is 10.3. The molecular formula is C20H29FN4O5. The van der Waals surface area contributed by atoms with E-state index in [0.29, 0.717) is 0 Å². The zero-order chi connectivity index (χ0) is 22.8. The number of benzene rings is 2. The highest BCUT2D eigenvalue weighted by Gasteiger charge is 2.03. The van der Waals surface area contributed by atoms with E-state index in [1.165, 1.54) is 25.0 Å². The van der Waals surface area contributed by atoms with E-state index in [0.717, 1.165) is 56.3 Å². The molecule has 0 aliphatic carbocycles. The van der Waals surface area contributed by atoms with Crippen molar-refractivity contribution in [1.29, 1.82) is 0 Å². The zero-order valence-corrected chi connectivity index (χ0v) is 17.3. The van der Waals surface area contributed by atoms with Crippen LogP contribution >= 0.6 is 0 Å². The molecule has 10 heteroatoms. The Bertz CT molecular complexity index is 715. The number of nitro benzene ring substituents is 2. The monoisotopic (exact) mass is 424 g/mol. The molecule has 0 bridgehead atoms. The number of halogens is 1. The first-order chi connectivity index (χ1) is 14.3. The predicted molar refractivity (Wildman–Crippen MR) is 115 cm³/mol. The SMILES string of the molecule is C1CCOC1.CCN.CCNc1ccc([N+](=O)[O-])cc1.O=[N+]([O-])c1ccc(F)cc1. The van der Waals surface area contributed by atoms with Gasteiger partial charge in [0, 0.05) is 49.7 Å². The fraction of sp³-hybridized carbons (Fsp3) is 0.400. The van der Waals surface area contributed by atoms with Gasteiger partial charge in [0.15, 0.2) is 0 Å². The maximum absolute atomic E-state index is 12.1. The summed E-state index contributed by atoms with van der Waals surface area (Å²) in [7, 11) is 0. The van der Waals surface area contributed by atoms with Gasteiger partial charge in [-0.3, -0.25) is 20.2 Å². The van der Waals surface area contributed by atoms with Gasteiger partial charge in [-0.25, -0.2) is 4.39 Å². The topological polar surface area (TPSA) is 134 Å².